The lowest BCUT2D eigenvalue weighted by molar-refractivity contribution is 0.0218. The molecule has 6 heteroatoms. The van der Waals surface area contributed by atoms with Crippen molar-refractivity contribution in [1.29, 1.82) is 0 Å². The summed E-state index contributed by atoms with van der Waals surface area (Å²) in [7, 11) is 1.57. The van der Waals surface area contributed by atoms with E-state index in [1.165, 1.54) is 37.3 Å². The van der Waals surface area contributed by atoms with E-state index in [1.807, 2.05) is 18.2 Å². The molecule has 0 spiro atoms. The van der Waals surface area contributed by atoms with E-state index in [2.05, 4.69) is 17.1 Å². The summed E-state index contributed by atoms with van der Waals surface area (Å²) in [4.78, 5) is 16.8. The van der Waals surface area contributed by atoms with Gasteiger partial charge in [-0.05, 0) is 57.0 Å². The van der Waals surface area contributed by atoms with Crippen LogP contribution in [0.15, 0.2) is 28.7 Å². The van der Waals surface area contributed by atoms with Crippen LogP contribution in [-0.4, -0.2) is 43.1 Å². The van der Waals surface area contributed by atoms with Gasteiger partial charge in [0.2, 0.25) is 0 Å². The first-order valence-electron chi connectivity index (χ1n) is 8.44. The van der Waals surface area contributed by atoms with Gasteiger partial charge in [0.05, 0.1) is 16.9 Å². The third-order valence-electron chi connectivity index (χ3n) is 5.33. The summed E-state index contributed by atoms with van der Waals surface area (Å²) < 4.78 is 10.6. The molecule has 1 amide bonds. The quantitative estimate of drug-likeness (QED) is 0.923. The molecule has 0 aliphatic carbocycles. The minimum Gasteiger partial charge on any atom is -0.468 e. The van der Waals surface area contributed by atoms with Crippen LogP contribution in [-0.2, 0) is 0 Å². The molecule has 0 saturated carbocycles. The Kier molecular flexibility index (Phi) is 4.10. The molecule has 0 radical (unpaired) electrons. The number of carbonyl (C=O) groups is 1. The van der Waals surface area contributed by atoms with E-state index in [9.17, 15) is 4.79 Å². The molecule has 2 aromatic rings. The maximum atomic E-state index is 12.7. The second-order valence-corrected chi connectivity index (χ2v) is 7.68. The van der Waals surface area contributed by atoms with Gasteiger partial charge in [0.15, 0.2) is 0 Å². The van der Waals surface area contributed by atoms with Gasteiger partial charge in [-0.25, -0.2) is 0 Å². The summed E-state index contributed by atoms with van der Waals surface area (Å²) >= 11 is 1.45. The fourth-order valence-corrected chi connectivity index (χ4v) is 4.79. The predicted molar refractivity (Wildman–Crippen MR) is 93.6 cm³/mol. The standard InChI is InChI=1S/C18H22N2O3S/c1-11-17(12-7-9-20(11)10-8-12)19-18(21)15-5-4-14(24-15)13-3-6-16(22-2)23-13/h3-6,11-12,17H,7-10H2,1-2H3,(H,19,21). The Morgan fingerprint density at radius 2 is 2.08 bits per heavy atom. The van der Waals surface area contributed by atoms with Gasteiger partial charge in [0, 0.05) is 18.2 Å². The van der Waals surface area contributed by atoms with Crippen LogP contribution in [0.5, 0.6) is 5.95 Å². The molecule has 3 aliphatic heterocycles. The summed E-state index contributed by atoms with van der Waals surface area (Å²) in [5.74, 6) is 1.84. The van der Waals surface area contributed by atoms with Gasteiger partial charge in [0.25, 0.3) is 11.9 Å². The highest BCUT2D eigenvalue weighted by Crippen LogP contribution is 2.34. The molecule has 128 valence electrons. The van der Waals surface area contributed by atoms with Crippen molar-refractivity contribution < 1.29 is 13.9 Å². The molecule has 5 rings (SSSR count). The number of ether oxygens (including phenoxy) is 1. The zero-order valence-electron chi connectivity index (χ0n) is 14.0. The Morgan fingerprint density at radius 1 is 1.29 bits per heavy atom. The van der Waals surface area contributed by atoms with Gasteiger partial charge in [-0.3, -0.25) is 9.69 Å². The number of rotatable bonds is 4. The average Bonchev–Trinajstić information content (AvgIpc) is 3.27. The van der Waals surface area contributed by atoms with Gasteiger partial charge < -0.3 is 14.5 Å². The topological polar surface area (TPSA) is 54.7 Å². The van der Waals surface area contributed by atoms with Crippen molar-refractivity contribution >= 4 is 17.2 Å². The molecule has 2 atom stereocenters. The Bertz CT molecular complexity index is 728. The number of hydrogen-bond donors (Lipinski definition) is 1. The lowest BCUT2D eigenvalue weighted by Crippen LogP contribution is -2.62. The molecule has 2 bridgehead atoms. The maximum Gasteiger partial charge on any atom is 0.284 e. The molecule has 2 unspecified atom stereocenters. The first kappa shape index (κ1) is 15.7. The molecular weight excluding hydrogens is 324 g/mol. The lowest BCUT2D eigenvalue weighted by Gasteiger charge is -2.49. The number of fused-ring (bicyclic) bond motifs is 3. The van der Waals surface area contributed by atoms with Crippen molar-refractivity contribution in [2.45, 2.75) is 31.8 Å². The number of thiophene rings is 1. The normalized spacial score (nSPS) is 28.8. The first-order valence-corrected chi connectivity index (χ1v) is 9.26. The van der Waals surface area contributed by atoms with Crippen LogP contribution >= 0.6 is 11.3 Å². The predicted octanol–water partition coefficient (Wildman–Crippen LogP) is 3.23. The van der Waals surface area contributed by atoms with Crippen LogP contribution in [0.3, 0.4) is 0 Å². The van der Waals surface area contributed by atoms with Crippen LogP contribution in [0.2, 0.25) is 0 Å². The van der Waals surface area contributed by atoms with Crippen LogP contribution in [0.25, 0.3) is 10.6 Å². The molecule has 3 fully saturated rings. The second kappa shape index (κ2) is 6.26. The van der Waals surface area contributed by atoms with Gasteiger partial charge in [0.1, 0.15) is 5.76 Å². The van der Waals surface area contributed by atoms with Crippen molar-refractivity contribution in [2.24, 2.45) is 5.92 Å². The molecule has 5 heterocycles. The third kappa shape index (κ3) is 2.74. The van der Waals surface area contributed by atoms with Gasteiger partial charge >= 0.3 is 0 Å². The number of piperidine rings is 3. The molecule has 0 aromatic carbocycles. The fourth-order valence-electron chi connectivity index (χ4n) is 3.92. The third-order valence-corrected chi connectivity index (χ3v) is 6.43. The summed E-state index contributed by atoms with van der Waals surface area (Å²) in [5.41, 5.74) is 0. The van der Waals surface area contributed by atoms with Crippen LogP contribution in [0.4, 0.5) is 0 Å². The van der Waals surface area contributed by atoms with Gasteiger partial charge in [-0.1, -0.05) is 0 Å². The van der Waals surface area contributed by atoms with E-state index in [0.717, 1.165) is 15.5 Å². The van der Waals surface area contributed by atoms with E-state index in [-0.39, 0.29) is 11.9 Å². The monoisotopic (exact) mass is 346 g/mol. The summed E-state index contributed by atoms with van der Waals surface area (Å²) in [6.45, 7) is 4.56. The number of carbonyl (C=O) groups excluding carboxylic acids is 1. The number of nitrogens with one attached hydrogen (secondary N) is 1. The highest BCUT2D eigenvalue weighted by Gasteiger charge is 2.40. The maximum absolute atomic E-state index is 12.7. The van der Waals surface area contributed by atoms with Crippen molar-refractivity contribution in [3.8, 4) is 16.6 Å². The summed E-state index contributed by atoms with van der Waals surface area (Å²) in [6.07, 6.45) is 2.38. The minimum atomic E-state index is 0.0235. The highest BCUT2D eigenvalue weighted by molar-refractivity contribution is 7.17. The second-order valence-electron chi connectivity index (χ2n) is 6.60. The number of hydrogen-bond acceptors (Lipinski definition) is 5. The van der Waals surface area contributed by atoms with E-state index in [1.54, 1.807) is 13.2 Å². The zero-order valence-corrected chi connectivity index (χ0v) is 14.8. The van der Waals surface area contributed by atoms with Crippen LogP contribution in [0, 0.1) is 5.92 Å². The Morgan fingerprint density at radius 3 is 2.75 bits per heavy atom. The highest BCUT2D eigenvalue weighted by atomic mass is 32.1. The van der Waals surface area contributed by atoms with Crippen molar-refractivity contribution in [1.82, 2.24) is 10.2 Å². The molecule has 24 heavy (non-hydrogen) atoms. The largest absolute Gasteiger partial charge is 0.468 e. The minimum absolute atomic E-state index is 0.0235. The molecule has 1 N–H and O–H groups in total. The zero-order chi connectivity index (χ0) is 16.7. The molecule has 3 saturated heterocycles. The van der Waals surface area contributed by atoms with Crippen molar-refractivity contribution in [2.75, 3.05) is 20.2 Å². The molecule has 2 aromatic heterocycles. The first-order chi connectivity index (χ1) is 11.7. The van der Waals surface area contributed by atoms with E-state index in [0.29, 0.717) is 17.9 Å². The molecule has 5 nitrogen and oxygen atoms in total. The van der Waals surface area contributed by atoms with E-state index in [4.69, 9.17) is 9.15 Å². The smallest absolute Gasteiger partial charge is 0.284 e. The number of methoxy groups -OCH3 is 1. The fraction of sp³-hybridized carbons (Fsp3) is 0.500. The number of furan rings is 1. The van der Waals surface area contributed by atoms with Gasteiger partial charge in [-0.15, -0.1) is 11.3 Å². The Balaban J connectivity index is 1.47. The van der Waals surface area contributed by atoms with Crippen molar-refractivity contribution in [3.05, 3.63) is 29.1 Å². The van der Waals surface area contributed by atoms with Crippen molar-refractivity contribution in [3.63, 3.8) is 0 Å². The number of amides is 1. The SMILES string of the molecule is COc1ccc(-c2ccc(C(=O)NC3C4CCN(CC4)C3C)s2)o1. The summed E-state index contributed by atoms with van der Waals surface area (Å²) in [5, 5.41) is 3.27. The van der Waals surface area contributed by atoms with Gasteiger partial charge in [-0.2, -0.15) is 0 Å². The average molecular weight is 346 g/mol. The van der Waals surface area contributed by atoms with E-state index < -0.39 is 0 Å². The van der Waals surface area contributed by atoms with Crippen LogP contribution in [0.1, 0.15) is 29.4 Å². The Labute approximate surface area is 145 Å². The van der Waals surface area contributed by atoms with Crippen LogP contribution < -0.4 is 10.1 Å². The lowest BCUT2D eigenvalue weighted by atomic mass is 9.79. The molecule has 3 aliphatic rings. The number of nitrogens with zero attached hydrogens (tertiary/aromatic N) is 1. The Hall–Kier alpha value is -1.79. The molecular formula is C18H22N2O3S. The van der Waals surface area contributed by atoms with E-state index >= 15 is 0 Å². The summed E-state index contributed by atoms with van der Waals surface area (Å²) in [6, 6.07) is 8.13.